The number of unbranched alkanes of at least 4 members (excludes halogenated alkanes) is 2. The fraction of sp³-hybridized carbons (Fsp3) is 0.900. The second-order valence-electron chi connectivity index (χ2n) is 8.86. The van der Waals surface area contributed by atoms with Gasteiger partial charge in [-0.3, -0.25) is 9.59 Å². The van der Waals surface area contributed by atoms with Crippen LogP contribution in [-0.2, 0) is 9.59 Å². The molecule has 0 aromatic heterocycles. The van der Waals surface area contributed by atoms with Gasteiger partial charge in [-0.2, -0.15) is 0 Å². The summed E-state index contributed by atoms with van der Waals surface area (Å²) in [6.07, 6.45) is 11.9. The highest BCUT2D eigenvalue weighted by Gasteiger charge is 2.53. The Hall–Kier alpha value is -1.06. The fourth-order valence-corrected chi connectivity index (χ4v) is 6.03. The van der Waals surface area contributed by atoms with E-state index >= 15 is 0 Å². The first kappa shape index (κ1) is 17.8. The van der Waals surface area contributed by atoms with Gasteiger partial charge in [-0.25, -0.2) is 0 Å². The molecule has 0 aromatic carbocycles. The molecule has 4 bridgehead atoms. The van der Waals surface area contributed by atoms with Crippen molar-refractivity contribution in [3.63, 3.8) is 0 Å². The lowest BCUT2D eigenvalue weighted by Crippen LogP contribution is -2.55. The minimum atomic E-state index is 0.0251. The zero-order valence-electron chi connectivity index (χ0n) is 15.4. The SMILES string of the molecule is CC(=O)NCCCCCC(=O)NC(C)C12CC3CC(CC(C3)C1)C2. The fourth-order valence-electron chi connectivity index (χ4n) is 6.03. The highest BCUT2D eigenvalue weighted by atomic mass is 16.2. The van der Waals surface area contributed by atoms with Crippen molar-refractivity contribution in [3.05, 3.63) is 0 Å². The van der Waals surface area contributed by atoms with Gasteiger partial charge < -0.3 is 10.6 Å². The molecule has 136 valence electrons. The van der Waals surface area contributed by atoms with Crippen LogP contribution in [0.5, 0.6) is 0 Å². The molecule has 4 aliphatic carbocycles. The second-order valence-corrected chi connectivity index (χ2v) is 8.86. The van der Waals surface area contributed by atoms with Gasteiger partial charge in [0.25, 0.3) is 0 Å². The molecule has 4 fully saturated rings. The predicted molar refractivity (Wildman–Crippen MR) is 95.4 cm³/mol. The number of nitrogens with one attached hydrogen (secondary N) is 2. The summed E-state index contributed by atoms with van der Waals surface area (Å²) in [7, 11) is 0. The third kappa shape index (κ3) is 4.12. The molecule has 24 heavy (non-hydrogen) atoms. The zero-order valence-corrected chi connectivity index (χ0v) is 15.4. The molecule has 0 spiro atoms. The minimum absolute atomic E-state index is 0.0251. The Balaban J connectivity index is 1.38. The molecule has 4 saturated carbocycles. The normalized spacial score (nSPS) is 34.8. The third-order valence-corrected chi connectivity index (χ3v) is 6.84. The monoisotopic (exact) mass is 334 g/mol. The lowest BCUT2D eigenvalue weighted by Gasteiger charge is -2.59. The molecule has 1 atom stereocenters. The molecule has 0 aromatic rings. The number of carbonyl (C=O) groups is 2. The quantitative estimate of drug-likeness (QED) is 0.668. The van der Waals surface area contributed by atoms with E-state index < -0.39 is 0 Å². The van der Waals surface area contributed by atoms with E-state index in [2.05, 4.69) is 17.6 Å². The third-order valence-electron chi connectivity index (χ3n) is 6.84. The molecule has 0 saturated heterocycles. The number of rotatable bonds is 8. The van der Waals surface area contributed by atoms with Crippen LogP contribution < -0.4 is 10.6 Å². The summed E-state index contributed by atoms with van der Waals surface area (Å²) in [5, 5.41) is 6.14. The summed E-state index contributed by atoms with van der Waals surface area (Å²) in [6, 6.07) is 0.331. The van der Waals surface area contributed by atoms with Gasteiger partial charge >= 0.3 is 0 Å². The molecule has 4 heteroatoms. The lowest BCUT2D eigenvalue weighted by atomic mass is 9.48. The van der Waals surface area contributed by atoms with Crippen molar-refractivity contribution in [3.8, 4) is 0 Å². The van der Waals surface area contributed by atoms with E-state index in [1.165, 1.54) is 38.5 Å². The molecular weight excluding hydrogens is 300 g/mol. The number of carbonyl (C=O) groups excluding carboxylic acids is 2. The van der Waals surface area contributed by atoms with Gasteiger partial charge in [-0.15, -0.1) is 0 Å². The van der Waals surface area contributed by atoms with Gasteiger partial charge in [0.2, 0.25) is 11.8 Å². The van der Waals surface area contributed by atoms with Crippen LogP contribution in [0.25, 0.3) is 0 Å². The smallest absolute Gasteiger partial charge is 0.220 e. The van der Waals surface area contributed by atoms with Crippen molar-refractivity contribution in [1.82, 2.24) is 10.6 Å². The van der Waals surface area contributed by atoms with E-state index in [1.807, 2.05) is 0 Å². The van der Waals surface area contributed by atoms with Crippen LogP contribution in [0.4, 0.5) is 0 Å². The van der Waals surface area contributed by atoms with E-state index in [9.17, 15) is 9.59 Å². The van der Waals surface area contributed by atoms with Crippen molar-refractivity contribution in [2.24, 2.45) is 23.2 Å². The minimum Gasteiger partial charge on any atom is -0.356 e. The summed E-state index contributed by atoms with van der Waals surface area (Å²) < 4.78 is 0. The van der Waals surface area contributed by atoms with Gasteiger partial charge in [0.05, 0.1) is 0 Å². The zero-order chi connectivity index (χ0) is 17.2. The standard InChI is InChI=1S/C20H34N2O2/c1-14(22-19(24)6-4-3-5-7-21-15(2)23)20-11-16-8-17(12-20)10-18(9-16)13-20/h14,16-18H,3-13H2,1-2H3,(H,21,23)(H,22,24). The number of amides is 2. The average molecular weight is 335 g/mol. The van der Waals surface area contributed by atoms with E-state index in [-0.39, 0.29) is 11.8 Å². The Kier molecular flexibility index (Phi) is 5.51. The maximum Gasteiger partial charge on any atom is 0.220 e. The highest BCUT2D eigenvalue weighted by Crippen LogP contribution is 2.61. The first-order valence-electron chi connectivity index (χ1n) is 10.0. The van der Waals surface area contributed by atoms with Crippen LogP contribution in [0, 0.1) is 23.2 Å². The van der Waals surface area contributed by atoms with Gasteiger partial charge in [-0.1, -0.05) is 6.42 Å². The molecule has 2 amide bonds. The Morgan fingerprint density at radius 3 is 2.12 bits per heavy atom. The Morgan fingerprint density at radius 1 is 1.00 bits per heavy atom. The second kappa shape index (κ2) is 7.45. The Labute approximate surface area is 146 Å². The summed E-state index contributed by atoms with van der Waals surface area (Å²) in [4.78, 5) is 23.1. The van der Waals surface area contributed by atoms with Crippen LogP contribution in [0.2, 0.25) is 0 Å². The van der Waals surface area contributed by atoms with Crippen LogP contribution in [0.1, 0.15) is 78.1 Å². The van der Waals surface area contributed by atoms with Crippen LogP contribution >= 0.6 is 0 Å². The van der Waals surface area contributed by atoms with Gasteiger partial charge in [0.15, 0.2) is 0 Å². The van der Waals surface area contributed by atoms with Crippen molar-refractivity contribution >= 4 is 11.8 Å². The summed E-state index contributed by atoms with van der Waals surface area (Å²) in [5.74, 6) is 3.05. The Morgan fingerprint density at radius 2 is 1.58 bits per heavy atom. The van der Waals surface area contributed by atoms with Crippen molar-refractivity contribution in [2.45, 2.75) is 84.1 Å². The number of hydrogen-bond donors (Lipinski definition) is 2. The maximum atomic E-state index is 12.3. The van der Waals surface area contributed by atoms with E-state index in [1.54, 1.807) is 6.92 Å². The molecule has 0 aliphatic heterocycles. The first-order chi connectivity index (χ1) is 11.5. The summed E-state index contributed by atoms with van der Waals surface area (Å²) in [5.41, 5.74) is 0.399. The van der Waals surface area contributed by atoms with Crippen LogP contribution in [-0.4, -0.2) is 24.4 Å². The maximum absolute atomic E-state index is 12.3. The highest BCUT2D eigenvalue weighted by molar-refractivity contribution is 5.76. The largest absolute Gasteiger partial charge is 0.356 e. The molecule has 2 N–H and O–H groups in total. The molecule has 0 radical (unpaired) electrons. The van der Waals surface area contributed by atoms with Gasteiger partial charge in [0.1, 0.15) is 0 Å². The predicted octanol–water partition coefficient (Wildman–Crippen LogP) is 3.40. The van der Waals surface area contributed by atoms with Gasteiger partial charge in [-0.05, 0) is 81.5 Å². The average Bonchev–Trinajstić information content (AvgIpc) is 2.49. The molecule has 4 nitrogen and oxygen atoms in total. The van der Waals surface area contributed by atoms with Crippen molar-refractivity contribution < 1.29 is 9.59 Å². The lowest BCUT2D eigenvalue weighted by molar-refractivity contribution is -0.126. The van der Waals surface area contributed by atoms with Crippen molar-refractivity contribution in [1.29, 1.82) is 0 Å². The molecule has 4 aliphatic rings. The Bertz CT molecular complexity index is 439. The van der Waals surface area contributed by atoms with E-state index in [4.69, 9.17) is 0 Å². The molecule has 4 rings (SSSR count). The van der Waals surface area contributed by atoms with Crippen molar-refractivity contribution in [2.75, 3.05) is 6.54 Å². The summed E-state index contributed by atoms with van der Waals surface area (Å²) >= 11 is 0. The van der Waals surface area contributed by atoms with Crippen LogP contribution in [0.15, 0.2) is 0 Å². The van der Waals surface area contributed by atoms with E-state index in [0.29, 0.717) is 17.9 Å². The van der Waals surface area contributed by atoms with E-state index in [0.717, 1.165) is 43.6 Å². The molecular formula is C20H34N2O2. The molecule has 0 heterocycles. The first-order valence-corrected chi connectivity index (χ1v) is 10.0. The van der Waals surface area contributed by atoms with Crippen LogP contribution in [0.3, 0.4) is 0 Å². The molecule has 1 unspecified atom stereocenters. The summed E-state index contributed by atoms with van der Waals surface area (Å²) in [6.45, 7) is 4.52. The van der Waals surface area contributed by atoms with Gasteiger partial charge in [0, 0.05) is 25.9 Å². The number of hydrogen-bond acceptors (Lipinski definition) is 2. The topological polar surface area (TPSA) is 58.2 Å².